The molecule has 0 radical (unpaired) electrons. The van der Waals surface area contributed by atoms with Crippen molar-refractivity contribution < 1.29 is 9.84 Å². The van der Waals surface area contributed by atoms with E-state index in [-0.39, 0.29) is 24.2 Å². The Hall–Kier alpha value is -1.06. The van der Waals surface area contributed by atoms with E-state index in [1.54, 1.807) is 0 Å². The van der Waals surface area contributed by atoms with Crippen LogP contribution in [0.5, 0.6) is 5.75 Å². The number of nitrogens with two attached hydrogens (primary N) is 1. The van der Waals surface area contributed by atoms with Crippen LogP contribution in [0.25, 0.3) is 0 Å². The Morgan fingerprint density at radius 2 is 1.89 bits per heavy atom. The second kappa shape index (κ2) is 6.92. The highest BCUT2D eigenvalue weighted by Crippen LogP contribution is 2.29. The molecule has 0 aliphatic carbocycles. The molecule has 108 valence electrons. The maximum atomic E-state index is 9.11. The summed E-state index contributed by atoms with van der Waals surface area (Å²) < 4.78 is 6.18. The molecule has 19 heavy (non-hydrogen) atoms. The summed E-state index contributed by atoms with van der Waals surface area (Å²) in [7, 11) is 0. The van der Waals surface area contributed by atoms with Crippen LogP contribution in [0.1, 0.15) is 39.7 Å². The molecule has 2 atom stereocenters. The Morgan fingerprint density at radius 3 is 2.42 bits per heavy atom. The SMILES string of the molecule is CCC(N)C(Oc1ccccc1CCO)C(C)(C)C. The predicted molar refractivity (Wildman–Crippen MR) is 79.4 cm³/mol. The van der Waals surface area contributed by atoms with E-state index in [0.29, 0.717) is 6.42 Å². The topological polar surface area (TPSA) is 55.5 Å². The first-order valence-electron chi connectivity index (χ1n) is 7.01. The first kappa shape index (κ1) is 16.0. The highest BCUT2D eigenvalue weighted by Gasteiger charge is 2.31. The van der Waals surface area contributed by atoms with Crippen LogP contribution < -0.4 is 10.5 Å². The van der Waals surface area contributed by atoms with E-state index < -0.39 is 0 Å². The summed E-state index contributed by atoms with van der Waals surface area (Å²) in [5.74, 6) is 0.834. The van der Waals surface area contributed by atoms with E-state index in [2.05, 4.69) is 27.7 Å². The largest absolute Gasteiger partial charge is 0.488 e. The van der Waals surface area contributed by atoms with Crippen LogP contribution in [-0.4, -0.2) is 23.9 Å². The van der Waals surface area contributed by atoms with E-state index in [0.717, 1.165) is 17.7 Å². The molecule has 0 spiro atoms. The quantitative estimate of drug-likeness (QED) is 0.831. The van der Waals surface area contributed by atoms with Crippen molar-refractivity contribution >= 4 is 0 Å². The maximum Gasteiger partial charge on any atom is 0.123 e. The van der Waals surface area contributed by atoms with Gasteiger partial charge in [-0.25, -0.2) is 0 Å². The van der Waals surface area contributed by atoms with Crippen molar-refractivity contribution in [2.24, 2.45) is 11.1 Å². The number of ether oxygens (including phenoxy) is 1. The van der Waals surface area contributed by atoms with E-state index in [1.807, 2.05) is 24.3 Å². The van der Waals surface area contributed by atoms with Gasteiger partial charge in [0.1, 0.15) is 11.9 Å². The van der Waals surface area contributed by atoms with Crippen molar-refractivity contribution in [2.75, 3.05) is 6.61 Å². The van der Waals surface area contributed by atoms with Gasteiger partial charge >= 0.3 is 0 Å². The molecule has 0 saturated carbocycles. The minimum absolute atomic E-state index is 0.00202. The number of para-hydroxylation sites is 1. The van der Waals surface area contributed by atoms with Gasteiger partial charge in [-0.15, -0.1) is 0 Å². The number of rotatable bonds is 6. The van der Waals surface area contributed by atoms with E-state index >= 15 is 0 Å². The van der Waals surface area contributed by atoms with Gasteiger partial charge in [0, 0.05) is 18.1 Å². The van der Waals surface area contributed by atoms with Crippen LogP contribution in [0, 0.1) is 5.41 Å². The second-order valence-corrected chi connectivity index (χ2v) is 6.06. The molecular formula is C16H27NO2. The van der Waals surface area contributed by atoms with Crippen molar-refractivity contribution in [3.05, 3.63) is 29.8 Å². The normalized spacial score (nSPS) is 15.1. The van der Waals surface area contributed by atoms with Crippen molar-refractivity contribution in [1.82, 2.24) is 0 Å². The molecule has 0 bridgehead atoms. The van der Waals surface area contributed by atoms with Crippen LogP contribution >= 0.6 is 0 Å². The number of hydrogen-bond donors (Lipinski definition) is 2. The standard InChI is InChI=1S/C16H27NO2/c1-5-13(17)15(16(2,3)4)19-14-9-7-6-8-12(14)10-11-18/h6-9,13,15,18H,5,10-11,17H2,1-4H3. The van der Waals surface area contributed by atoms with Gasteiger partial charge in [0.05, 0.1) is 0 Å². The highest BCUT2D eigenvalue weighted by atomic mass is 16.5. The summed E-state index contributed by atoms with van der Waals surface area (Å²) >= 11 is 0. The molecule has 0 heterocycles. The second-order valence-electron chi connectivity index (χ2n) is 6.06. The molecule has 0 aromatic heterocycles. The fourth-order valence-corrected chi connectivity index (χ4v) is 2.20. The van der Waals surface area contributed by atoms with Crippen LogP contribution in [0.4, 0.5) is 0 Å². The van der Waals surface area contributed by atoms with Gasteiger partial charge in [0.2, 0.25) is 0 Å². The summed E-state index contributed by atoms with van der Waals surface area (Å²) in [4.78, 5) is 0. The molecule has 2 unspecified atom stereocenters. The molecule has 0 aliphatic heterocycles. The molecule has 1 aromatic carbocycles. The third kappa shape index (κ3) is 4.51. The molecule has 0 amide bonds. The Morgan fingerprint density at radius 1 is 1.26 bits per heavy atom. The van der Waals surface area contributed by atoms with Crippen molar-refractivity contribution in [1.29, 1.82) is 0 Å². The van der Waals surface area contributed by atoms with Crippen LogP contribution in [-0.2, 0) is 6.42 Å². The first-order chi connectivity index (χ1) is 8.90. The smallest absolute Gasteiger partial charge is 0.123 e. The molecule has 3 nitrogen and oxygen atoms in total. The third-order valence-corrected chi connectivity index (χ3v) is 3.32. The molecule has 3 N–H and O–H groups in total. The summed E-state index contributed by atoms with van der Waals surface area (Å²) in [6.07, 6.45) is 1.44. The summed E-state index contributed by atoms with van der Waals surface area (Å²) in [5.41, 5.74) is 7.20. The molecule has 1 aromatic rings. The van der Waals surface area contributed by atoms with Crippen LogP contribution in [0.2, 0.25) is 0 Å². The molecular weight excluding hydrogens is 238 g/mol. The lowest BCUT2D eigenvalue weighted by molar-refractivity contribution is 0.0611. The van der Waals surface area contributed by atoms with E-state index in [9.17, 15) is 0 Å². The number of benzene rings is 1. The fraction of sp³-hybridized carbons (Fsp3) is 0.625. The molecule has 0 fully saturated rings. The third-order valence-electron chi connectivity index (χ3n) is 3.32. The summed E-state index contributed by atoms with van der Waals surface area (Å²) in [5, 5.41) is 9.11. The van der Waals surface area contributed by atoms with Gasteiger partial charge < -0.3 is 15.6 Å². The Labute approximate surface area is 116 Å². The van der Waals surface area contributed by atoms with Crippen molar-refractivity contribution in [2.45, 2.75) is 52.7 Å². The molecule has 0 saturated heterocycles. The van der Waals surface area contributed by atoms with Gasteiger partial charge in [0.15, 0.2) is 0 Å². The Kier molecular flexibility index (Phi) is 5.83. The predicted octanol–water partition coefficient (Wildman–Crippen LogP) is 2.75. The average molecular weight is 265 g/mol. The zero-order valence-electron chi connectivity index (χ0n) is 12.5. The molecule has 0 aliphatic rings. The monoisotopic (exact) mass is 265 g/mol. The fourth-order valence-electron chi connectivity index (χ4n) is 2.20. The van der Waals surface area contributed by atoms with E-state index in [4.69, 9.17) is 15.6 Å². The van der Waals surface area contributed by atoms with Gasteiger partial charge in [-0.1, -0.05) is 45.9 Å². The lowest BCUT2D eigenvalue weighted by Crippen LogP contribution is -2.47. The van der Waals surface area contributed by atoms with Crippen molar-refractivity contribution in [3.8, 4) is 5.75 Å². The highest BCUT2D eigenvalue weighted by molar-refractivity contribution is 5.33. The van der Waals surface area contributed by atoms with Crippen molar-refractivity contribution in [3.63, 3.8) is 0 Å². The van der Waals surface area contributed by atoms with Gasteiger partial charge in [0.25, 0.3) is 0 Å². The minimum atomic E-state index is -0.0441. The zero-order valence-corrected chi connectivity index (χ0v) is 12.5. The maximum absolute atomic E-state index is 9.11. The number of aliphatic hydroxyl groups excluding tert-OH is 1. The lowest BCUT2D eigenvalue weighted by atomic mass is 9.84. The minimum Gasteiger partial charge on any atom is -0.488 e. The van der Waals surface area contributed by atoms with Gasteiger partial charge in [-0.2, -0.15) is 0 Å². The van der Waals surface area contributed by atoms with Gasteiger partial charge in [-0.05, 0) is 24.5 Å². The number of aliphatic hydroxyl groups is 1. The van der Waals surface area contributed by atoms with Crippen LogP contribution in [0.3, 0.4) is 0 Å². The molecule has 3 heteroatoms. The summed E-state index contributed by atoms with van der Waals surface area (Å²) in [6, 6.07) is 7.86. The zero-order chi connectivity index (χ0) is 14.5. The average Bonchev–Trinajstić information content (AvgIpc) is 2.35. The molecule has 1 rings (SSSR count). The van der Waals surface area contributed by atoms with Crippen LogP contribution in [0.15, 0.2) is 24.3 Å². The van der Waals surface area contributed by atoms with Gasteiger partial charge in [-0.3, -0.25) is 0 Å². The van der Waals surface area contributed by atoms with E-state index in [1.165, 1.54) is 0 Å². The first-order valence-corrected chi connectivity index (χ1v) is 7.01. The number of hydrogen-bond acceptors (Lipinski definition) is 3. The summed E-state index contributed by atoms with van der Waals surface area (Å²) in [6.45, 7) is 8.62. The lowest BCUT2D eigenvalue weighted by Gasteiger charge is -2.35. The Bertz CT molecular complexity index is 385. The Balaban J connectivity index is 2.96.